The first-order valence-corrected chi connectivity index (χ1v) is 4.60. The second-order valence-corrected chi connectivity index (χ2v) is 3.72. The number of thioether (sulfide) groups is 1. The number of aryl methyl sites for hydroxylation is 2. The fourth-order valence-corrected chi connectivity index (χ4v) is 1.81. The molecule has 1 nitrogen and oxygen atoms in total. The fraction of sp³-hybridized carbons (Fsp3) is 0.300. The number of rotatable bonds is 1. The van der Waals surface area contributed by atoms with Crippen LogP contribution in [0.3, 0.4) is 0 Å². The van der Waals surface area contributed by atoms with E-state index in [2.05, 4.69) is 31.4 Å². The molecule has 0 aromatic heterocycles. The minimum atomic E-state index is 1.08. The number of nitriles is 1. The highest BCUT2D eigenvalue weighted by atomic mass is 32.2. The van der Waals surface area contributed by atoms with E-state index in [1.165, 1.54) is 28.5 Å². The number of hydrogen-bond acceptors (Lipinski definition) is 2. The highest BCUT2D eigenvalue weighted by Crippen LogP contribution is 2.25. The molecule has 0 fully saturated rings. The van der Waals surface area contributed by atoms with Crippen LogP contribution in [-0.2, 0) is 0 Å². The summed E-state index contributed by atoms with van der Waals surface area (Å²) in [5, 5.41) is 10.6. The van der Waals surface area contributed by atoms with Crippen LogP contribution in [0.25, 0.3) is 0 Å². The van der Waals surface area contributed by atoms with Crippen LogP contribution in [-0.4, -0.2) is 0 Å². The lowest BCUT2D eigenvalue weighted by Crippen LogP contribution is -1.86. The first-order valence-electron chi connectivity index (χ1n) is 3.79. The van der Waals surface area contributed by atoms with Crippen molar-refractivity contribution < 1.29 is 0 Å². The zero-order valence-corrected chi connectivity index (χ0v) is 8.33. The van der Waals surface area contributed by atoms with Gasteiger partial charge in [-0.15, -0.1) is 0 Å². The zero-order chi connectivity index (χ0) is 9.14. The minimum Gasteiger partial charge on any atom is -0.185 e. The van der Waals surface area contributed by atoms with Crippen molar-refractivity contribution in [3.05, 3.63) is 28.8 Å². The van der Waals surface area contributed by atoms with Crippen LogP contribution in [0.5, 0.6) is 0 Å². The highest BCUT2D eigenvalue weighted by Gasteiger charge is 2.02. The number of thiocyanates is 1. The summed E-state index contributed by atoms with van der Waals surface area (Å²) in [6, 6.07) is 4.19. The summed E-state index contributed by atoms with van der Waals surface area (Å²) in [4.78, 5) is 1.08. The van der Waals surface area contributed by atoms with Gasteiger partial charge >= 0.3 is 0 Å². The van der Waals surface area contributed by atoms with Gasteiger partial charge < -0.3 is 0 Å². The first kappa shape index (κ1) is 9.15. The molecule has 62 valence electrons. The summed E-state index contributed by atoms with van der Waals surface area (Å²) in [5.74, 6) is 0. The van der Waals surface area contributed by atoms with Gasteiger partial charge in [-0.3, -0.25) is 0 Å². The normalized spacial score (nSPS) is 9.50. The molecule has 0 aliphatic carbocycles. The third-order valence-electron chi connectivity index (χ3n) is 1.92. The predicted octanol–water partition coefficient (Wildman–Crippen LogP) is 3.19. The predicted molar refractivity (Wildman–Crippen MR) is 52.1 cm³/mol. The largest absolute Gasteiger partial charge is 0.185 e. The van der Waals surface area contributed by atoms with Gasteiger partial charge in [-0.1, -0.05) is 6.07 Å². The molecule has 0 heterocycles. The van der Waals surface area contributed by atoms with E-state index in [0.717, 1.165) is 4.90 Å². The molecule has 0 aliphatic heterocycles. The molecule has 0 radical (unpaired) electrons. The second-order valence-electron chi connectivity index (χ2n) is 2.90. The second kappa shape index (κ2) is 3.64. The maximum Gasteiger partial charge on any atom is 0.138 e. The monoisotopic (exact) mass is 177 g/mol. The van der Waals surface area contributed by atoms with Crippen molar-refractivity contribution in [2.24, 2.45) is 0 Å². The molecule has 1 aromatic rings. The van der Waals surface area contributed by atoms with Gasteiger partial charge in [0.15, 0.2) is 0 Å². The Balaban J connectivity index is 3.20. The molecule has 0 atom stereocenters. The van der Waals surface area contributed by atoms with Crippen molar-refractivity contribution in [3.8, 4) is 5.40 Å². The van der Waals surface area contributed by atoms with Gasteiger partial charge in [0.25, 0.3) is 0 Å². The van der Waals surface area contributed by atoms with Gasteiger partial charge in [0.2, 0.25) is 0 Å². The molecule has 0 saturated heterocycles. The first-order chi connectivity index (χ1) is 5.65. The van der Waals surface area contributed by atoms with E-state index in [1.807, 2.05) is 6.92 Å². The van der Waals surface area contributed by atoms with E-state index >= 15 is 0 Å². The van der Waals surface area contributed by atoms with Gasteiger partial charge in [-0.05, 0) is 55.3 Å². The lowest BCUT2D eigenvalue weighted by Gasteiger charge is -2.05. The van der Waals surface area contributed by atoms with E-state index in [9.17, 15) is 0 Å². The third kappa shape index (κ3) is 1.80. The minimum absolute atomic E-state index is 1.08. The average Bonchev–Trinajstić information content (AvgIpc) is 2.00. The molecule has 0 amide bonds. The summed E-state index contributed by atoms with van der Waals surface area (Å²) >= 11 is 1.24. The fourth-order valence-electron chi connectivity index (χ4n) is 1.16. The van der Waals surface area contributed by atoms with Crippen LogP contribution < -0.4 is 0 Å². The highest BCUT2D eigenvalue weighted by molar-refractivity contribution is 8.03. The number of hydrogen-bond donors (Lipinski definition) is 0. The van der Waals surface area contributed by atoms with Gasteiger partial charge in [-0.25, -0.2) is 0 Å². The molecular weight excluding hydrogens is 166 g/mol. The molecule has 0 aliphatic rings. The summed E-state index contributed by atoms with van der Waals surface area (Å²) in [7, 11) is 0. The molecule has 0 spiro atoms. The average molecular weight is 177 g/mol. The molecule has 12 heavy (non-hydrogen) atoms. The van der Waals surface area contributed by atoms with Crippen LogP contribution in [0.1, 0.15) is 16.7 Å². The molecule has 0 unspecified atom stereocenters. The van der Waals surface area contributed by atoms with Gasteiger partial charge in [0, 0.05) is 4.90 Å². The van der Waals surface area contributed by atoms with Crippen molar-refractivity contribution in [1.29, 1.82) is 5.26 Å². The van der Waals surface area contributed by atoms with Gasteiger partial charge in [0.1, 0.15) is 5.40 Å². The Bertz CT molecular complexity index is 336. The molecule has 1 rings (SSSR count). The van der Waals surface area contributed by atoms with Crippen LogP contribution in [0.15, 0.2) is 17.0 Å². The SMILES string of the molecule is Cc1cc(C)c(C)c(SC#N)c1. The lowest BCUT2D eigenvalue weighted by atomic mass is 10.1. The van der Waals surface area contributed by atoms with Crippen LogP contribution in [0, 0.1) is 31.4 Å². The summed E-state index contributed by atoms with van der Waals surface area (Å²) < 4.78 is 0. The molecule has 0 saturated carbocycles. The Morgan fingerprint density at radius 2 is 1.92 bits per heavy atom. The van der Waals surface area contributed by atoms with E-state index in [4.69, 9.17) is 5.26 Å². The third-order valence-corrected chi connectivity index (χ3v) is 2.65. The summed E-state index contributed by atoms with van der Waals surface area (Å²) in [6.45, 7) is 6.17. The Hall–Kier alpha value is -0.940. The quantitative estimate of drug-likeness (QED) is 0.486. The molecule has 0 N–H and O–H groups in total. The Labute approximate surface area is 77.4 Å². The molecule has 2 heteroatoms. The van der Waals surface area contributed by atoms with Crippen LogP contribution in [0.2, 0.25) is 0 Å². The standard InChI is InChI=1S/C10H11NS/c1-7-4-8(2)9(3)10(5-7)12-6-11/h4-5H,1-3H3. The summed E-state index contributed by atoms with van der Waals surface area (Å²) in [5.41, 5.74) is 3.69. The van der Waals surface area contributed by atoms with Crippen molar-refractivity contribution in [3.63, 3.8) is 0 Å². The molecule has 1 aromatic carbocycles. The van der Waals surface area contributed by atoms with E-state index in [0.29, 0.717) is 0 Å². The zero-order valence-electron chi connectivity index (χ0n) is 7.51. The topological polar surface area (TPSA) is 23.8 Å². The van der Waals surface area contributed by atoms with Crippen molar-refractivity contribution in [2.75, 3.05) is 0 Å². The van der Waals surface area contributed by atoms with Gasteiger partial charge in [-0.2, -0.15) is 5.26 Å². The van der Waals surface area contributed by atoms with Crippen molar-refractivity contribution in [2.45, 2.75) is 25.7 Å². The maximum absolute atomic E-state index is 8.54. The van der Waals surface area contributed by atoms with E-state index < -0.39 is 0 Å². The Kier molecular flexibility index (Phi) is 2.78. The van der Waals surface area contributed by atoms with Crippen molar-refractivity contribution in [1.82, 2.24) is 0 Å². The number of benzene rings is 1. The van der Waals surface area contributed by atoms with E-state index in [1.54, 1.807) is 0 Å². The smallest absolute Gasteiger partial charge is 0.138 e. The molecular formula is C10H11NS. The van der Waals surface area contributed by atoms with Crippen LogP contribution in [0.4, 0.5) is 0 Å². The number of nitrogens with zero attached hydrogens (tertiary/aromatic N) is 1. The van der Waals surface area contributed by atoms with Crippen molar-refractivity contribution >= 4 is 11.8 Å². The Morgan fingerprint density at radius 3 is 2.50 bits per heavy atom. The van der Waals surface area contributed by atoms with E-state index in [-0.39, 0.29) is 0 Å². The van der Waals surface area contributed by atoms with Gasteiger partial charge in [0.05, 0.1) is 0 Å². The summed E-state index contributed by atoms with van der Waals surface area (Å²) in [6.07, 6.45) is 0. The lowest BCUT2D eigenvalue weighted by molar-refractivity contribution is 1.20. The van der Waals surface area contributed by atoms with Crippen LogP contribution >= 0.6 is 11.8 Å². The molecule has 0 bridgehead atoms. The maximum atomic E-state index is 8.54. The Morgan fingerprint density at radius 1 is 1.25 bits per heavy atom.